The lowest BCUT2D eigenvalue weighted by Crippen LogP contribution is -2.45. The average molecular weight is 404 g/mol. The maximum absolute atomic E-state index is 12.6. The molecular formula is C21H30ClN5O. The molecule has 2 aromatic rings. The molecule has 1 amide bonds. The van der Waals surface area contributed by atoms with Crippen LogP contribution >= 0.6 is 11.6 Å². The number of halogens is 1. The highest BCUT2D eigenvalue weighted by Crippen LogP contribution is 2.29. The van der Waals surface area contributed by atoms with Crippen molar-refractivity contribution in [3.8, 4) is 0 Å². The SMILES string of the molecule is CN(C)CC(C)(C)CNC(=O)C1CCN(c2ncnc3cc(Cl)ccc23)CC1. The first-order valence-electron chi connectivity index (χ1n) is 9.83. The van der Waals surface area contributed by atoms with Gasteiger partial charge in [0.05, 0.1) is 5.52 Å². The number of aromatic nitrogens is 2. The monoisotopic (exact) mass is 403 g/mol. The van der Waals surface area contributed by atoms with Gasteiger partial charge in [-0.05, 0) is 50.6 Å². The van der Waals surface area contributed by atoms with E-state index in [4.69, 9.17) is 11.6 Å². The van der Waals surface area contributed by atoms with E-state index in [0.29, 0.717) is 11.6 Å². The first-order chi connectivity index (χ1) is 13.2. The Bertz CT molecular complexity index is 831. The number of nitrogens with one attached hydrogen (secondary N) is 1. The molecule has 2 heterocycles. The van der Waals surface area contributed by atoms with Gasteiger partial charge in [0.15, 0.2) is 0 Å². The molecule has 1 aliphatic rings. The summed E-state index contributed by atoms with van der Waals surface area (Å²) < 4.78 is 0. The van der Waals surface area contributed by atoms with Crippen molar-refractivity contribution < 1.29 is 4.79 Å². The number of hydrogen-bond acceptors (Lipinski definition) is 5. The van der Waals surface area contributed by atoms with Gasteiger partial charge in [-0.25, -0.2) is 9.97 Å². The van der Waals surface area contributed by atoms with Gasteiger partial charge in [-0.15, -0.1) is 0 Å². The molecule has 1 saturated heterocycles. The highest BCUT2D eigenvalue weighted by atomic mass is 35.5. The Hall–Kier alpha value is -1.92. The Labute approximate surface area is 172 Å². The zero-order chi connectivity index (χ0) is 20.3. The summed E-state index contributed by atoms with van der Waals surface area (Å²) in [6, 6.07) is 5.70. The molecule has 1 N–H and O–H groups in total. The number of hydrogen-bond donors (Lipinski definition) is 1. The van der Waals surface area contributed by atoms with E-state index in [1.54, 1.807) is 6.33 Å². The van der Waals surface area contributed by atoms with E-state index in [-0.39, 0.29) is 17.2 Å². The van der Waals surface area contributed by atoms with E-state index in [1.165, 1.54) is 0 Å². The fourth-order valence-corrected chi connectivity index (χ4v) is 4.17. The van der Waals surface area contributed by atoms with Crippen LogP contribution in [-0.2, 0) is 4.79 Å². The van der Waals surface area contributed by atoms with Gasteiger partial charge in [-0.1, -0.05) is 25.4 Å². The highest BCUT2D eigenvalue weighted by Gasteiger charge is 2.28. The standard InChI is InChI=1S/C21H30ClN5O/c1-21(2,13-26(3)4)12-23-20(28)15-7-9-27(10-8-15)19-17-6-5-16(22)11-18(17)24-14-25-19/h5-6,11,14-15H,7-10,12-13H2,1-4H3,(H,23,28). The molecular weight excluding hydrogens is 374 g/mol. The molecule has 1 aromatic heterocycles. The van der Waals surface area contributed by atoms with Crippen molar-refractivity contribution in [2.24, 2.45) is 11.3 Å². The molecule has 1 aromatic carbocycles. The summed E-state index contributed by atoms with van der Waals surface area (Å²) in [4.78, 5) is 25.9. The molecule has 0 radical (unpaired) electrons. The molecule has 0 spiro atoms. The van der Waals surface area contributed by atoms with E-state index < -0.39 is 0 Å². The molecule has 0 saturated carbocycles. The van der Waals surface area contributed by atoms with Crippen molar-refractivity contribution in [2.45, 2.75) is 26.7 Å². The van der Waals surface area contributed by atoms with Crippen molar-refractivity contribution in [1.82, 2.24) is 20.2 Å². The van der Waals surface area contributed by atoms with Crippen LogP contribution < -0.4 is 10.2 Å². The topological polar surface area (TPSA) is 61.4 Å². The van der Waals surface area contributed by atoms with Gasteiger partial charge >= 0.3 is 0 Å². The van der Waals surface area contributed by atoms with Crippen LogP contribution in [0.3, 0.4) is 0 Å². The van der Waals surface area contributed by atoms with Crippen molar-refractivity contribution in [3.63, 3.8) is 0 Å². The van der Waals surface area contributed by atoms with Gasteiger partial charge < -0.3 is 15.1 Å². The van der Waals surface area contributed by atoms with Gasteiger partial charge in [0, 0.05) is 42.5 Å². The molecule has 0 bridgehead atoms. The lowest BCUT2D eigenvalue weighted by molar-refractivity contribution is -0.126. The summed E-state index contributed by atoms with van der Waals surface area (Å²) in [5, 5.41) is 4.84. The number of anilines is 1. The van der Waals surface area contributed by atoms with Gasteiger partial charge in [-0.3, -0.25) is 4.79 Å². The van der Waals surface area contributed by atoms with Crippen LogP contribution in [0.2, 0.25) is 5.02 Å². The van der Waals surface area contributed by atoms with Crippen LogP contribution in [0.15, 0.2) is 24.5 Å². The number of amides is 1. The first-order valence-corrected chi connectivity index (χ1v) is 10.2. The average Bonchev–Trinajstić information content (AvgIpc) is 2.64. The Morgan fingerprint density at radius 2 is 2.00 bits per heavy atom. The summed E-state index contributed by atoms with van der Waals surface area (Å²) in [5.74, 6) is 1.16. The lowest BCUT2D eigenvalue weighted by Gasteiger charge is -2.34. The molecule has 1 fully saturated rings. The van der Waals surface area contributed by atoms with Gasteiger partial charge in [-0.2, -0.15) is 0 Å². The minimum Gasteiger partial charge on any atom is -0.356 e. The predicted octanol–water partition coefficient (Wildman–Crippen LogP) is 3.20. The van der Waals surface area contributed by atoms with E-state index in [2.05, 4.69) is 53.0 Å². The third-order valence-corrected chi connectivity index (χ3v) is 5.46. The lowest BCUT2D eigenvalue weighted by atomic mass is 9.91. The number of carbonyl (C=O) groups excluding carboxylic acids is 1. The van der Waals surface area contributed by atoms with Crippen LogP contribution in [0.5, 0.6) is 0 Å². The van der Waals surface area contributed by atoms with Gasteiger partial charge in [0.25, 0.3) is 0 Å². The minimum absolute atomic E-state index is 0.0566. The smallest absolute Gasteiger partial charge is 0.223 e. The Balaban J connectivity index is 1.58. The normalized spacial score (nSPS) is 16.0. The van der Waals surface area contributed by atoms with Crippen LogP contribution in [0, 0.1) is 11.3 Å². The first kappa shape index (κ1) is 20.8. The summed E-state index contributed by atoms with van der Waals surface area (Å²) in [6.45, 7) is 7.63. The fourth-order valence-electron chi connectivity index (χ4n) is 4.00. The van der Waals surface area contributed by atoms with Crippen molar-refractivity contribution in [3.05, 3.63) is 29.5 Å². The van der Waals surface area contributed by atoms with Crippen molar-refractivity contribution in [2.75, 3.05) is 45.2 Å². The molecule has 6 nitrogen and oxygen atoms in total. The van der Waals surface area contributed by atoms with Crippen molar-refractivity contribution >= 4 is 34.2 Å². The minimum atomic E-state index is 0.0566. The number of nitrogens with zero attached hydrogens (tertiary/aromatic N) is 4. The predicted molar refractivity (Wildman–Crippen MR) is 115 cm³/mol. The number of carbonyl (C=O) groups is 1. The summed E-state index contributed by atoms with van der Waals surface area (Å²) in [5.41, 5.74) is 0.904. The summed E-state index contributed by atoms with van der Waals surface area (Å²) >= 11 is 6.08. The van der Waals surface area contributed by atoms with Crippen LogP contribution in [0.25, 0.3) is 10.9 Å². The van der Waals surface area contributed by atoms with Gasteiger partial charge in [0.2, 0.25) is 5.91 Å². The summed E-state index contributed by atoms with van der Waals surface area (Å²) in [6.07, 6.45) is 3.25. The molecule has 152 valence electrons. The van der Waals surface area contributed by atoms with E-state index >= 15 is 0 Å². The van der Waals surface area contributed by atoms with E-state index in [1.807, 2.05) is 18.2 Å². The zero-order valence-electron chi connectivity index (χ0n) is 17.2. The second-order valence-corrected chi connectivity index (χ2v) is 9.18. The Morgan fingerprint density at radius 1 is 1.29 bits per heavy atom. The molecule has 0 atom stereocenters. The third-order valence-electron chi connectivity index (χ3n) is 5.23. The maximum atomic E-state index is 12.6. The molecule has 7 heteroatoms. The highest BCUT2D eigenvalue weighted by molar-refractivity contribution is 6.31. The van der Waals surface area contributed by atoms with Crippen molar-refractivity contribution in [1.29, 1.82) is 0 Å². The Morgan fingerprint density at radius 3 is 2.68 bits per heavy atom. The summed E-state index contributed by atoms with van der Waals surface area (Å²) in [7, 11) is 4.12. The second-order valence-electron chi connectivity index (χ2n) is 8.74. The quantitative estimate of drug-likeness (QED) is 0.802. The van der Waals surface area contributed by atoms with Gasteiger partial charge in [0.1, 0.15) is 12.1 Å². The van der Waals surface area contributed by atoms with Crippen LogP contribution in [-0.4, -0.2) is 61.0 Å². The molecule has 3 rings (SSSR count). The number of piperidine rings is 1. The molecule has 0 unspecified atom stereocenters. The second kappa shape index (κ2) is 8.62. The maximum Gasteiger partial charge on any atom is 0.223 e. The Kier molecular flexibility index (Phi) is 6.40. The third kappa shape index (κ3) is 5.11. The molecule has 1 aliphatic heterocycles. The van der Waals surface area contributed by atoms with E-state index in [9.17, 15) is 4.79 Å². The van der Waals surface area contributed by atoms with E-state index in [0.717, 1.165) is 49.2 Å². The largest absolute Gasteiger partial charge is 0.356 e. The molecule has 28 heavy (non-hydrogen) atoms. The van der Waals surface area contributed by atoms with Crippen LogP contribution in [0.4, 0.5) is 5.82 Å². The van der Waals surface area contributed by atoms with Crippen LogP contribution in [0.1, 0.15) is 26.7 Å². The number of benzene rings is 1. The fraction of sp³-hybridized carbons (Fsp3) is 0.571. The molecule has 0 aliphatic carbocycles. The number of rotatable bonds is 6. The number of fused-ring (bicyclic) bond motifs is 1. The zero-order valence-corrected chi connectivity index (χ0v) is 18.0.